The van der Waals surface area contributed by atoms with Crippen LogP contribution in [0.4, 0.5) is 0 Å². The zero-order chi connectivity index (χ0) is 11.4. The van der Waals surface area contributed by atoms with Gasteiger partial charge in [-0.15, -0.1) is 11.8 Å². The molecule has 0 fully saturated rings. The summed E-state index contributed by atoms with van der Waals surface area (Å²) < 4.78 is 2.21. The Morgan fingerprint density at radius 2 is 1.94 bits per heavy atom. The van der Waals surface area contributed by atoms with Crippen LogP contribution in [0.1, 0.15) is 11.4 Å². The maximum Gasteiger partial charge on any atom is 0.0951 e. The third kappa shape index (κ3) is 2.67. The summed E-state index contributed by atoms with van der Waals surface area (Å²) in [5.74, 6) is 1.08. The van der Waals surface area contributed by atoms with Crippen LogP contribution >= 0.6 is 11.8 Å². The van der Waals surface area contributed by atoms with E-state index in [-0.39, 0.29) is 0 Å². The Kier molecular flexibility index (Phi) is 3.67. The van der Waals surface area contributed by atoms with Crippen molar-refractivity contribution in [1.82, 2.24) is 9.55 Å². The van der Waals surface area contributed by atoms with Crippen LogP contribution in [0.2, 0.25) is 0 Å². The van der Waals surface area contributed by atoms with Gasteiger partial charge in [-0.3, -0.25) is 0 Å². The van der Waals surface area contributed by atoms with E-state index in [4.69, 9.17) is 0 Å². The van der Waals surface area contributed by atoms with Crippen molar-refractivity contribution in [1.29, 1.82) is 0 Å². The van der Waals surface area contributed by atoms with Crippen LogP contribution in [-0.2, 0) is 6.54 Å². The maximum atomic E-state index is 4.30. The average molecular weight is 232 g/mol. The predicted molar refractivity (Wildman–Crippen MR) is 68.9 cm³/mol. The first-order valence-electron chi connectivity index (χ1n) is 5.43. The minimum atomic E-state index is 1.02. The van der Waals surface area contributed by atoms with Gasteiger partial charge in [0, 0.05) is 22.9 Å². The van der Waals surface area contributed by atoms with Crippen molar-refractivity contribution in [2.45, 2.75) is 25.3 Å². The molecule has 0 N–H and O–H groups in total. The molecule has 0 spiro atoms. The lowest BCUT2D eigenvalue weighted by Crippen LogP contribution is -2.01. The molecule has 84 valence electrons. The van der Waals surface area contributed by atoms with E-state index in [1.165, 1.54) is 10.6 Å². The van der Waals surface area contributed by atoms with Crippen LogP contribution in [-0.4, -0.2) is 15.3 Å². The molecule has 0 saturated carbocycles. The molecule has 2 nitrogen and oxygen atoms in total. The number of hydrogen-bond donors (Lipinski definition) is 0. The monoisotopic (exact) mass is 232 g/mol. The largest absolute Gasteiger partial charge is 0.334 e. The maximum absolute atomic E-state index is 4.30. The fourth-order valence-electron chi connectivity index (χ4n) is 1.55. The lowest BCUT2D eigenvalue weighted by molar-refractivity contribution is 0.744. The first-order chi connectivity index (χ1) is 7.77. The number of imidazole rings is 1. The van der Waals surface area contributed by atoms with Gasteiger partial charge in [0.25, 0.3) is 0 Å². The lowest BCUT2D eigenvalue weighted by Gasteiger charge is -2.05. The van der Waals surface area contributed by atoms with Gasteiger partial charge in [-0.1, -0.05) is 18.2 Å². The van der Waals surface area contributed by atoms with Crippen molar-refractivity contribution < 1.29 is 0 Å². The molecule has 0 amide bonds. The summed E-state index contributed by atoms with van der Waals surface area (Å²) in [6, 6.07) is 10.5. The Labute approximate surface area is 101 Å². The molecular formula is C13H16N2S. The van der Waals surface area contributed by atoms with Crippen LogP contribution in [0, 0.1) is 13.8 Å². The summed E-state index contributed by atoms with van der Waals surface area (Å²) in [7, 11) is 0. The highest BCUT2D eigenvalue weighted by atomic mass is 32.2. The molecule has 0 saturated heterocycles. The number of benzene rings is 1. The third-order valence-corrected chi connectivity index (χ3v) is 3.68. The molecule has 3 heteroatoms. The Hall–Kier alpha value is -1.22. The Bertz CT molecular complexity index is 448. The van der Waals surface area contributed by atoms with Gasteiger partial charge >= 0.3 is 0 Å². The smallest absolute Gasteiger partial charge is 0.0951 e. The number of aryl methyl sites for hydroxylation is 2. The minimum absolute atomic E-state index is 1.02. The van der Waals surface area contributed by atoms with Gasteiger partial charge in [0.1, 0.15) is 0 Å². The van der Waals surface area contributed by atoms with Crippen LogP contribution in [0.3, 0.4) is 0 Å². The molecule has 0 aliphatic rings. The van der Waals surface area contributed by atoms with E-state index in [1.54, 1.807) is 0 Å². The molecule has 0 atom stereocenters. The summed E-state index contributed by atoms with van der Waals surface area (Å²) in [6.07, 6.45) is 1.93. The molecule has 2 aromatic rings. The molecule has 0 unspecified atom stereocenters. The van der Waals surface area contributed by atoms with Crippen molar-refractivity contribution in [3.63, 3.8) is 0 Å². The highest BCUT2D eigenvalue weighted by molar-refractivity contribution is 7.99. The van der Waals surface area contributed by atoms with Gasteiger partial charge in [-0.05, 0) is 26.0 Å². The van der Waals surface area contributed by atoms with Crippen molar-refractivity contribution in [3.05, 3.63) is 48.0 Å². The minimum Gasteiger partial charge on any atom is -0.334 e. The van der Waals surface area contributed by atoms with Crippen molar-refractivity contribution >= 4 is 11.8 Å². The Balaban J connectivity index is 1.87. The number of nitrogens with zero attached hydrogens (tertiary/aromatic N) is 2. The van der Waals surface area contributed by atoms with Crippen LogP contribution in [0.25, 0.3) is 0 Å². The van der Waals surface area contributed by atoms with E-state index in [0.29, 0.717) is 0 Å². The molecule has 0 aliphatic carbocycles. The fraction of sp³-hybridized carbons (Fsp3) is 0.308. The lowest BCUT2D eigenvalue weighted by atomic mass is 10.4. The molecular weight excluding hydrogens is 216 g/mol. The topological polar surface area (TPSA) is 17.8 Å². The average Bonchev–Trinajstić information content (AvgIpc) is 2.62. The summed E-state index contributed by atoms with van der Waals surface area (Å²) in [6.45, 7) is 5.19. The van der Waals surface area contributed by atoms with Gasteiger partial charge < -0.3 is 4.57 Å². The van der Waals surface area contributed by atoms with Gasteiger partial charge in [-0.2, -0.15) is 0 Å². The number of hydrogen-bond acceptors (Lipinski definition) is 2. The van der Waals surface area contributed by atoms with E-state index in [0.717, 1.165) is 18.0 Å². The van der Waals surface area contributed by atoms with Gasteiger partial charge in [0.2, 0.25) is 0 Å². The predicted octanol–water partition coefficient (Wildman–Crippen LogP) is 3.29. The second kappa shape index (κ2) is 5.21. The molecule has 1 aromatic heterocycles. The van der Waals surface area contributed by atoms with E-state index in [2.05, 4.69) is 47.7 Å². The summed E-state index contributed by atoms with van der Waals surface area (Å²) in [4.78, 5) is 5.63. The second-order valence-electron chi connectivity index (χ2n) is 3.77. The van der Waals surface area contributed by atoms with E-state index >= 15 is 0 Å². The van der Waals surface area contributed by atoms with Gasteiger partial charge in [0.15, 0.2) is 0 Å². The van der Waals surface area contributed by atoms with Crippen LogP contribution < -0.4 is 0 Å². The van der Waals surface area contributed by atoms with Gasteiger partial charge in [0.05, 0.1) is 12.0 Å². The number of thioether (sulfide) groups is 1. The third-order valence-electron chi connectivity index (χ3n) is 2.69. The van der Waals surface area contributed by atoms with Crippen LogP contribution in [0.15, 0.2) is 41.6 Å². The zero-order valence-electron chi connectivity index (χ0n) is 9.68. The summed E-state index contributed by atoms with van der Waals surface area (Å²) in [5, 5.41) is 0. The normalized spacial score (nSPS) is 10.6. The molecule has 1 aromatic carbocycles. The molecule has 0 bridgehead atoms. The summed E-state index contributed by atoms with van der Waals surface area (Å²) in [5.41, 5.74) is 2.40. The van der Waals surface area contributed by atoms with E-state index in [9.17, 15) is 0 Å². The van der Waals surface area contributed by atoms with Gasteiger partial charge in [-0.25, -0.2) is 4.98 Å². The Morgan fingerprint density at radius 1 is 1.19 bits per heavy atom. The molecule has 2 rings (SSSR count). The highest BCUT2D eigenvalue weighted by Crippen LogP contribution is 2.17. The zero-order valence-corrected chi connectivity index (χ0v) is 10.5. The van der Waals surface area contributed by atoms with Crippen molar-refractivity contribution in [2.75, 3.05) is 5.75 Å². The fourth-order valence-corrected chi connectivity index (χ4v) is 2.42. The number of rotatable bonds is 4. The molecule has 1 heterocycles. The molecule has 16 heavy (non-hydrogen) atoms. The number of aromatic nitrogens is 2. The first-order valence-corrected chi connectivity index (χ1v) is 6.42. The van der Waals surface area contributed by atoms with Crippen molar-refractivity contribution in [3.8, 4) is 0 Å². The summed E-state index contributed by atoms with van der Waals surface area (Å²) >= 11 is 1.88. The highest BCUT2D eigenvalue weighted by Gasteiger charge is 2.01. The standard InChI is InChI=1S/C13H16N2S/c1-11-12(2)15(10-14-11)8-9-16-13-6-4-3-5-7-13/h3-7,10H,8-9H2,1-2H3. The Morgan fingerprint density at radius 3 is 2.56 bits per heavy atom. The second-order valence-corrected chi connectivity index (χ2v) is 4.94. The quantitative estimate of drug-likeness (QED) is 0.753. The van der Waals surface area contributed by atoms with E-state index in [1.807, 2.05) is 24.2 Å². The molecule has 0 radical (unpaired) electrons. The SMILES string of the molecule is Cc1ncn(CCSc2ccccc2)c1C. The molecule has 0 aliphatic heterocycles. The van der Waals surface area contributed by atoms with Crippen LogP contribution in [0.5, 0.6) is 0 Å². The van der Waals surface area contributed by atoms with Crippen molar-refractivity contribution in [2.24, 2.45) is 0 Å². The van der Waals surface area contributed by atoms with E-state index < -0.39 is 0 Å². The first kappa shape index (κ1) is 11.3.